The predicted molar refractivity (Wildman–Crippen MR) is 76.0 cm³/mol. The highest BCUT2D eigenvalue weighted by molar-refractivity contribution is 7.62. The molecule has 0 amide bonds. The third kappa shape index (κ3) is 2.81. The van der Waals surface area contributed by atoms with Crippen LogP contribution in [0.25, 0.3) is 0 Å². The largest absolute Gasteiger partial charge is 0.377 e. The van der Waals surface area contributed by atoms with E-state index in [-0.39, 0.29) is 0 Å². The highest BCUT2D eigenvalue weighted by Crippen LogP contribution is 2.46. The van der Waals surface area contributed by atoms with Crippen LogP contribution in [0.15, 0.2) is 42.6 Å². The molecule has 1 heterocycles. The van der Waals surface area contributed by atoms with Crippen molar-refractivity contribution in [3.63, 3.8) is 0 Å². The summed E-state index contributed by atoms with van der Waals surface area (Å²) in [5, 5.41) is 0. The van der Waals surface area contributed by atoms with Crippen LogP contribution in [0.4, 0.5) is 0 Å². The van der Waals surface area contributed by atoms with Crippen molar-refractivity contribution in [1.29, 1.82) is 0 Å². The second-order valence-corrected chi connectivity index (χ2v) is 6.45. The van der Waals surface area contributed by atoms with Crippen molar-refractivity contribution in [2.24, 2.45) is 0 Å². The fourth-order valence-corrected chi connectivity index (χ4v) is 3.56. The number of benzene rings is 1. The molecule has 2 aromatic rings. The first-order valence-corrected chi connectivity index (χ1v) is 7.56. The SMILES string of the molecule is COP(=O)(OC)c1c(C)ccn1Cc1ccccc1. The molecule has 1 aromatic carbocycles. The quantitative estimate of drug-likeness (QED) is 0.790. The fourth-order valence-electron chi connectivity index (χ4n) is 2.10. The van der Waals surface area contributed by atoms with Gasteiger partial charge in [0, 0.05) is 27.0 Å². The summed E-state index contributed by atoms with van der Waals surface area (Å²) in [7, 11) is -0.422. The van der Waals surface area contributed by atoms with Gasteiger partial charge < -0.3 is 13.6 Å². The van der Waals surface area contributed by atoms with Crippen LogP contribution in [0.2, 0.25) is 0 Å². The summed E-state index contributed by atoms with van der Waals surface area (Å²) in [5.74, 6) is 0. The third-order valence-corrected chi connectivity index (χ3v) is 5.15. The first-order valence-electron chi connectivity index (χ1n) is 6.02. The van der Waals surface area contributed by atoms with E-state index in [1.807, 2.05) is 54.1 Å². The second-order valence-electron chi connectivity index (χ2n) is 4.30. The van der Waals surface area contributed by atoms with Crippen LogP contribution in [0.1, 0.15) is 11.1 Å². The van der Waals surface area contributed by atoms with Gasteiger partial charge >= 0.3 is 7.60 Å². The van der Waals surface area contributed by atoms with Crippen molar-refractivity contribution < 1.29 is 13.6 Å². The minimum atomic E-state index is -3.23. The Hall–Kier alpha value is -1.35. The van der Waals surface area contributed by atoms with Crippen LogP contribution in [-0.4, -0.2) is 18.8 Å². The Balaban J connectivity index is 2.41. The lowest BCUT2D eigenvalue weighted by Gasteiger charge is -2.17. The number of aryl methyl sites for hydroxylation is 1. The lowest BCUT2D eigenvalue weighted by Crippen LogP contribution is -2.21. The van der Waals surface area contributed by atoms with E-state index in [4.69, 9.17) is 9.05 Å². The molecule has 0 N–H and O–H groups in total. The zero-order valence-electron chi connectivity index (χ0n) is 11.4. The third-order valence-electron chi connectivity index (χ3n) is 3.07. The highest BCUT2D eigenvalue weighted by atomic mass is 31.2. The molecule has 0 aliphatic carbocycles. The van der Waals surface area contributed by atoms with E-state index in [2.05, 4.69) is 0 Å². The Kier molecular flexibility index (Phi) is 4.25. The second kappa shape index (κ2) is 5.74. The molecule has 0 spiro atoms. The number of hydrogen-bond donors (Lipinski definition) is 0. The van der Waals surface area contributed by atoms with E-state index in [1.54, 1.807) is 0 Å². The molecule has 2 rings (SSSR count). The predicted octanol–water partition coefficient (Wildman–Crippen LogP) is 2.96. The van der Waals surface area contributed by atoms with Gasteiger partial charge in [0.05, 0.1) is 0 Å². The smallest absolute Gasteiger partial charge is 0.337 e. The van der Waals surface area contributed by atoms with E-state index < -0.39 is 7.60 Å². The molecule has 0 atom stereocenters. The van der Waals surface area contributed by atoms with Gasteiger partial charge in [-0.2, -0.15) is 0 Å². The van der Waals surface area contributed by atoms with E-state index in [0.717, 1.165) is 11.1 Å². The lowest BCUT2D eigenvalue weighted by atomic mass is 10.2. The summed E-state index contributed by atoms with van der Waals surface area (Å²) >= 11 is 0. The molecule has 0 radical (unpaired) electrons. The Labute approximate surface area is 113 Å². The summed E-state index contributed by atoms with van der Waals surface area (Å²) in [6.07, 6.45) is 1.91. The zero-order chi connectivity index (χ0) is 13.9. The molecule has 0 fully saturated rings. The van der Waals surface area contributed by atoms with Crippen LogP contribution in [-0.2, 0) is 20.2 Å². The van der Waals surface area contributed by atoms with Gasteiger partial charge in [-0.1, -0.05) is 30.3 Å². The number of rotatable bonds is 5. The normalized spacial score (nSPS) is 11.7. The van der Waals surface area contributed by atoms with Crippen LogP contribution >= 0.6 is 7.60 Å². The Morgan fingerprint density at radius 2 is 1.74 bits per heavy atom. The topological polar surface area (TPSA) is 40.5 Å². The Morgan fingerprint density at radius 3 is 2.32 bits per heavy atom. The molecule has 0 saturated heterocycles. The molecule has 0 aliphatic rings. The summed E-state index contributed by atoms with van der Waals surface area (Å²) < 4.78 is 24.7. The molecule has 0 saturated carbocycles. The summed E-state index contributed by atoms with van der Waals surface area (Å²) in [5.41, 5.74) is 2.66. The standard InChI is InChI=1S/C14H18NO3P/c1-12-9-10-15(11-13-7-5-4-6-8-13)14(12)19(16,17-2)18-3/h4-10H,11H2,1-3H3. The Morgan fingerprint density at radius 1 is 1.11 bits per heavy atom. The fraction of sp³-hybridized carbons (Fsp3) is 0.286. The molecule has 0 aliphatic heterocycles. The molecule has 19 heavy (non-hydrogen) atoms. The van der Waals surface area contributed by atoms with Gasteiger partial charge in [0.25, 0.3) is 0 Å². The number of hydrogen-bond acceptors (Lipinski definition) is 3. The number of aromatic nitrogens is 1. The molecule has 1 aromatic heterocycles. The average molecular weight is 279 g/mol. The van der Waals surface area contributed by atoms with E-state index in [9.17, 15) is 4.57 Å². The van der Waals surface area contributed by atoms with Gasteiger partial charge in [0.15, 0.2) is 0 Å². The summed E-state index contributed by atoms with van der Waals surface area (Å²) in [4.78, 5) is 0. The van der Waals surface area contributed by atoms with Crippen molar-refractivity contribution in [1.82, 2.24) is 4.57 Å². The van der Waals surface area contributed by atoms with Crippen molar-refractivity contribution in [2.45, 2.75) is 13.5 Å². The maximum absolute atomic E-state index is 12.6. The van der Waals surface area contributed by atoms with Crippen molar-refractivity contribution in [3.05, 3.63) is 53.7 Å². The highest BCUT2D eigenvalue weighted by Gasteiger charge is 2.30. The summed E-state index contributed by atoms with van der Waals surface area (Å²) in [6, 6.07) is 11.9. The molecule has 5 heteroatoms. The minimum absolute atomic E-state index is 0.612. The van der Waals surface area contributed by atoms with Crippen LogP contribution in [0, 0.1) is 6.92 Å². The van der Waals surface area contributed by atoms with Gasteiger partial charge in [-0.3, -0.25) is 4.57 Å². The van der Waals surface area contributed by atoms with Crippen LogP contribution in [0.5, 0.6) is 0 Å². The average Bonchev–Trinajstić information content (AvgIpc) is 2.81. The zero-order valence-corrected chi connectivity index (χ0v) is 12.3. The molecular weight excluding hydrogens is 261 g/mol. The Bertz CT molecular complexity index is 584. The van der Waals surface area contributed by atoms with Gasteiger partial charge in [-0.05, 0) is 24.1 Å². The van der Waals surface area contributed by atoms with Gasteiger partial charge in [-0.25, -0.2) is 0 Å². The number of nitrogens with zero attached hydrogens (tertiary/aromatic N) is 1. The maximum Gasteiger partial charge on any atom is 0.377 e. The van der Waals surface area contributed by atoms with Gasteiger partial charge in [-0.15, -0.1) is 0 Å². The first-order chi connectivity index (χ1) is 9.10. The maximum atomic E-state index is 12.6. The summed E-state index contributed by atoms with van der Waals surface area (Å²) in [6.45, 7) is 2.54. The van der Waals surface area contributed by atoms with Crippen LogP contribution < -0.4 is 5.44 Å². The van der Waals surface area contributed by atoms with E-state index in [0.29, 0.717) is 12.0 Å². The molecule has 0 bridgehead atoms. The molecule has 4 nitrogen and oxygen atoms in total. The van der Waals surface area contributed by atoms with Crippen LogP contribution in [0.3, 0.4) is 0 Å². The van der Waals surface area contributed by atoms with Gasteiger partial charge in [0.1, 0.15) is 5.44 Å². The van der Waals surface area contributed by atoms with Crippen molar-refractivity contribution in [3.8, 4) is 0 Å². The minimum Gasteiger partial charge on any atom is -0.337 e. The lowest BCUT2D eigenvalue weighted by molar-refractivity contribution is 0.285. The van der Waals surface area contributed by atoms with Crippen molar-refractivity contribution >= 4 is 13.0 Å². The molecular formula is C14H18NO3P. The molecule has 0 unspecified atom stereocenters. The van der Waals surface area contributed by atoms with Gasteiger partial charge in [0.2, 0.25) is 0 Å². The van der Waals surface area contributed by atoms with E-state index >= 15 is 0 Å². The van der Waals surface area contributed by atoms with E-state index in [1.165, 1.54) is 14.2 Å². The first kappa shape index (κ1) is 14.1. The molecule has 102 valence electrons. The van der Waals surface area contributed by atoms with Crippen molar-refractivity contribution in [2.75, 3.05) is 14.2 Å². The monoisotopic (exact) mass is 279 g/mol.